The first-order valence-corrected chi connectivity index (χ1v) is 6.37. The van der Waals surface area contributed by atoms with Gasteiger partial charge >= 0.3 is 113 Å². The van der Waals surface area contributed by atoms with Crippen LogP contribution >= 0.6 is 0 Å². The van der Waals surface area contributed by atoms with Crippen LogP contribution in [0.3, 0.4) is 0 Å². The fourth-order valence-electron chi connectivity index (χ4n) is 2.25. The Morgan fingerprint density at radius 1 is 1.26 bits per heavy atom. The minimum absolute atomic E-state index is 0.795. The van der Waals surface area contributed by atoms with E-state index >= 15 is 0 Å². The molecule has 3 nitrogen and oxygen atoms in total. The molecule has 0 unspecified atom stereocenters. The molecular weight excluding hydrogens is 233 g/mol. The molecule has 1 aliphatic heterocycles. The SMILES string of the molecule is C=C1c2cccnc2C(c2bcccc2)=NN1CC. The molecule has 0 fully saturated rings. The third kappa shape index (κ3) is 1.99. The average molecular weight is 247 g/mol. The Bertz CT molecular complexity index is 649. The summed E-state index contributed by atoms with van der Waals surface area (Å²) in [6, 6.07) is 10.1. The zero-order valence-electron chi connectivity index (χ0n) is 10.9. The van der Waals surface area contributed by atoms with Crippen LogP contribution in [0.25, 0.3) is 5.70 Å². The summed E-state index contributed by atoms with van der Waals surface area (Å²) in [5.74, 6) is 2.01. The van der Waals surface area contributed by atoms with Crippen molar-refractivity contribution >= 4 is 18.3 Å². The molecule has 1 aliphatic rings. The molecule has 0 radical (unpaired) electrons. The van der Waals surface area contributed by atoms with E-state index in [1.807, 2.05) is 35.2 Å². The predicted octanol–water partition coefficient (Wildman–Crippen LogP) is 2.48. The molecular formula is C15H14BN3. The van der Waals surface area contributed by atoms with Gasteiger partial charge in [-0.3, -0.25) is 0 Å². The van der Waals surface area contributed by atoms with Crippen molar-refractivity contribution in [1.29, 1.82) is 0 Å². The number of pyridine rings is 1. The Kier molecular flexibility index (Phi) is 2.99. The van der Waals surface area contributed by atoms with Gasteiger partial charge in [0.25, 0.3) is 0 Å². The summed E-state index contributed by atoms with van der Waals surface area (Å²) in [7, 11) is 0. The molecule has 3 rings (SSSR count). The van der Waals surface area contributed by atoms with Gasteiger partial charge in [-0.05, 0) is 0 Å². The van der Waals surface area contributed by atoms with E-state index in [2.05, 4.69) is 36.6 Å². The molecule has 92 valence electrons. The number of aromatic nitrogens is 1. The van der Waals surface area contributed by atoms with Crippen molar-refractivity contribution in [3.63, 3.8) is 0 Å². The maximum absolute atomic E-state index is 4.68. The second-order valence-electron chi connectivity index (χ2n) is 4.38. The van der Waals surface area contributed by atoms with E-state index in [4.69, 9.17) is 0 Å². The van der Waals surface area contributed by atoms with E-state index in [0.717, 1.165) is 34.7 Å². The van der Waals surface area contributed by atoms with Gasteiger partial charge < -0.3 is 0 Å². The minimum atomic E-state index is 0.795. The zero-order chi connectivity index (χ0) is 13.2. The van der Waals surface area contributed by atoms with E-state index in [0.29, 0.717) is 0 Å². The number of hydrogen-bond donors (Lipinski definition) is 0. The molecule has 0 N–H and O–H groups in total. The van der Waals surface area contributed by atoms with Crippen molar-refractivity contribution in [2.75, 3.05) is 6.54 Å². The Morgan fingerprint density at radius 2 is 2.16 bits per heavy atom. The number of rotatable bonds is 2. The summed E-state index contributed by atoms with van der Waals surface area (Å²) >= 11 is 0. The topological polar surface area (TPSA) is 28.5 Å². The quantitative estimate of drug-likeness (QED) is 0.815. The summed E-state index contributed by atoms with van der Waals surface area (Å²) < 4.78 is 0. The zero-order valence-corrected chi connectivity index (χ0v) is 10.9. The second-order valence-corrected chi connectivity index (χ2v) is 4.38. The Hall–Kier alpha value is -2.23. The predicted molar refractivity (Wildman–Crippen MR) is 79.1 cm³/mol. The fourth-order valence-corrected chi connectivity index (χ4v) is 2.25. The second kappa shape index (κ2) is 4.80. The standard InChI is InChI=1S/C15H14BN3/c1-3-19-11(2)12-7-6-10-17-14(12)15(18-19)13-8-4-5-9-16-13/h4-10H,2-3H2,1H3. The molecule has 0 spiro atoms. The van der Waals surface area contributed by atoms with Crippen LogP contribution in [0, 0.1) is 0 Å². The van der Waals surface area contributed by atoms with Crippen molar-refractivity contribution in [3.8, 4) is 0 Å². The van der Waals surface area contributed by atoms with Gasteiger partial charge in [-0.15, -0.1) is 0 Å². The molecule has 3 heterocycles. The molecule has 0 saturated heterocycles. The summed E-state index contributed by atoms with van der Waals surface area (Å²) in [5.41, 5.74) is 4.85. The Balaban J connectivity index is 2.20. The Labute approximate surface area is 113 Å². The summed E-state index contributed by atoms with van der Waals surface area (Å²) in [6.45, 7) is 9.03. The van der Waals surface area contributed by atoms with Gasteiger partial charge in [0.15, 0.2) is 0 Å². The average Bonchev–Trinajstić information content (AvgIpc) is 2.49. The molecule has 0 atom stereocenters. The van der Waals surface area contributed by atoms with Crippen LogP contribution < -0.4 is 0 Å². The third-order valence-electron chi connectivity index (χ3n) is 3.22. The van der Waals surface area contributed by atoms with Gasteiger partial charge in [-0.2, -0.15) is 0 Å². The normalized spacial score (nSPS) is 13.8. The van der Waals surface area contributed by atoms with Crippen LogP contribution in [0.1, 0.15) is 23.6 Å². The van der Waals surface area contributed by atoms with Crippen LogP contribution in [0.15, 0.2) is 54.2 Å². The van der Waals surface area contributed by atoms with E-state index < -0.39 is 0 Å². The number of fused-ring (bicyclic) bond motifs is 1. The van der Waals surface area contributed by atoms with Crippen molar-refractivity contribution in [2.45, 2.75) is 6.92 Å². The number of hydrazone groups is 1. The van der Waals surface area contributed by atoms with Crippen molar-refractivity contribution in [1.82, 2.24) is 9.99 Å². The first-order valence-electron chi connectivity index (χ1n) is 6.37. The summed E-state index contributed by atoms with van der Waals surface area (Å²) in [6.07, 6.45) is 1.80. The molecule has 0 aromatic carbocycles. The molecule has 2 aromatic heterocycles. The molecule has 0 saturated carbocycles. The molecule has 19 heavy (non-hydrogen) atoms. The summed E-state index contributed by atoms with van der Waals surface area (Å²) in [4.78, 5) is 4.48. The van der Waals surface area contributed by atoms with Gasteiger partial charge in [0, 0.05) is 0 Å². The molecule has 4 heteroatoms. The first-order chi connectivity index (χ1) is 9.31. The van der Waals surface area contributed by atoms with Crippen LogP contribution in [-0.2, 0) is 0 Å². The van der Waals surface area contributed by atoms with Crippen LogP contribution in [0.5, 0.6) is 0 Å². The number of hydrogen-bond acceptors (Lipinski definition) is 3. The van der Waals surface area contributed by atoms with Gasteiger partial charge in [0.1, 0.15) is 0 Å². The van der Waals surface area contributed by atoms with Crippen LogP contribution in [0.2, 0.25) is 0 Å². The van der Waals surface area contributed by atoms with Gasteiger partial charge in [0.2, 0.25) is 0 Å². The van der Waals surface area contributed by atoms with Gasteiger partial charge in [-0.1, -0.05) is 0 Å². The van der Waals surface area contributed by atoms with Crippen LogP contribution in [-0.4, -0.2) is 29.2 Å². The summed E-state index contributed by atoms with van der Waals surface area (Å²) in [5, 5.41) is 6.60. The van der Waals surface area contributed by atoms with Crippen LogP contribution in [0.4, 0.5) is 0 Å². The molecule has 0 bridgehead atoms. The van der Waals surface area contributed by atoms with E-state index in [1.165, 1.54) is 0 Å². The maximum atomic E-state index is 4.68. The monoisotopic (exact) mass is 247 g/mol. The van der Waals surface area contributed by atoms with E-state index in [-0.39, 0.29) is 0 Å². The van der Waals surface area contributed by atoms with E-state index in [1.54, 1.807) is 6.20 Å². The number of nitrogens with zero attached hydrogens (tertiary/aromatic N) is 3. The van der Waals surface area contributed by atoms with Crippen molar-refractivity contribution in [2.24, 2.45) is 5.10 Å². The van der Waals surface area contributed by atoms with Crippen molar-refractivity contribution < 1.29 is 0 Å². The van der Waals surface area contributed by atoms with Gasteiger partial charge in [0.05, 0.1) is 0 Å². The first kappa shape index (κ1) is 11.8. The van der Waals surface area contributed by atoms with Crippen molar-refractivity contribution in [3.05, 3.63) is 65.8 Å². The third-order valence-corrected chi connectivity index (χ3v) is 3.22. The molecule has 0 aliphatic carbocycles. The van der Waals surface area contributed by atoms with Gasteiger partial charge in [-0.25, -0.2) is 0 Å². The van der Waals surface area contributed by atoms with E-state index in [9.17, 15) is 0 Å². The Morgan fingerprint density at radius 3 is 2.89 bits per heavy atom. The molecule has 0 amide bonds. The fraction of sp³-hybridized carbons (Fsp3) is 0.133. The molecule has 2 aromatic rings.